The molecule has 2 nitrogen and oxygen atoms in total. The van der Waals surface area contributed by atoms with Crippen LogP contribution >= 0.6 is 0 Å². The number of anilines is 1. The summed E-state index contributed by atoms with van der Waals surface area (Å²) >= 11 is 0. The van der Waals surface area contributed by atoms with Crippen LogP contribution in [0.2, 0.25) is 0 Å². The molecule has 0 heterocycles. The standard InChI is InChI=1S/C14H17NO/c1-3-5-7-13(6-4-2)16-14-10-8-12(15)9-11-14/h3-11H,15H2,1-2H3/b5-3-,6-4-,13-7+. The number of allylic oxidation sites excluding steroid dienone is 5. The van der Waals surface area contributed by atoms with E-state index in [1.807, 2.05) is 68.5 Å². The predicted octanol–water partition coefficient (Wildman–Crippen LogP) is 3.68. The highest BCUT2D eigenvalue weighted by Gasteiger charge is 1.95. The van der Waals surface area contributed by atoms with Crippen LogP contribution in [-0.4, -0.2) is 0 Å². The van der Waals surface area contributed by atoms with Crippen molar-refractivity contribution in [2.75, 3.05) is 5.73 Å². The number of ether oxygens (including phenoxy) is 1. The van der Waals surface area contributed by atoms with Crippen LogP contribution in [0.15, 0.2) is 60.4 Å². The van der Waals surface area contributed by atoms with Crippen LogP contribution in [0.4, 0.5) is 5.69 Å². The highest BCUT2D eigenvalue weighted by molar-refractivity contribution is 5.42. The molecule has 0 amide bonds. The topological polar surface area (TPSA) is 35.2 Å². The molecule has 0 aliphatic carbocycles. The fourth-order valence-electron chi connectivity index (χ4n) is 1.15. The molecule has 1 rings (SSSR count). The van der Waals surface area contributed by atoms with E-state index in [0.29, 0.717) is 0 Å². The first-order chi connectivity index (χ1) is 7.76. The van der Waals surface area contributed by atoms with Gasteiger partial charge in [-0.25, -0.2) is 0 Å². The summed E-state index contributed by atoms with van der Waals surface area (Å²) in [4.78, 5) is 0. The molecule has 0 spiro atoms. The van der Waals surface area contributed by atoms with E-state index in [9.17, 15) is 0 Å². The molecule has 0 aliphatic rings. The Morgan fingerprint density at radius 3 is 2.38 bits per heavy atom. The minimum Gasteiger partial charge on any atom is -0.457 e. The van der Waals surface area contributed by atoms with E-state index in [1.165, 1.54) is 0 Å². The van der Waals surface area contributed by atoms with Crippen molar-refractivity contribution in [1.82, 2.24) is 0 Å². The second-order valence-electron chi connectivity index (χ2n) is 3.27. The maximum absolute atomic E-state index is 5.68. The molecule has 84 valence electrons. The Kier molecular flexibility index (Phi) is 4.93. The van der Waals surface area contributed by atoms with Crippen LogP contribution < -0.4 is 10.5 Å². The van der Waals surface area contributed by atoms with Crippen LogP contribution in [0.3, 0.4) is 0 Å². The number of nitrogens with two attached hydrogens (primary N) is 1. The van der Waals surface area contributed by atoms with Gasteiger partial charge >= 0.3 is 0 Å². The number of hydrogen-bond donors (Lipinski definition) is 1. The molecular formula is C14H17NO. The van der Waals surface area contributed by atoms with E-state index in [-0.39, 0.29) is 0 Å². The van der Waals surface area contributed by atoms with Crippen LogP contribution in [0, 0.1) is 0 Å². The van der Waals surface area contributed by atoms with E-state index in [4.69, 9.17) is 10.5 Å². The third-order valence-corrected chi connectivity index (χ3v) is 1.90. The first kappa shape index (κ1) is 12.1. The van der Waals surface area contributed by atoms with Crippen molar-refractivity contribution < 1.29 is 4.74 Å². The quantitative estimate of drug-likeness (QED) is 0.472. The summed E-state index contributed by atoms with van der Waals surface area (Å²) in [5.41, 5.74) is 6.33. The van der Waals surface area contributed by atoms with Gasteiger partial charge in [0.05, 0.1) is 0 Å². The molecule has 2 N–H and O–H groups in total. The van der Waals surface area contributed by atoms with Gasteiger partial charge in [0.1, 0.15) is 11.5 Å². The fourth-order valence-corrected chi connectivity index (χ4v) is 1.15. The lowest BCUT2D eigenvalue weighted by molar-refractivity contribution is 0.444. The molecule has 16 heavy (non-hydrogen) atoms. The van der Waals surface area contributed by atoms with Crippen molar-refractivity contribution in [3.8, 4) is 5.75 Å². The maximum atomic E-state index is 5.68. The lowest BCUT2D eigenvalue weighted by Gasteiger charge is -2.05. The summed E-state index contributed by atoms with van der Waals surface area (Å²) in [7, 11) is 0. The van der Waals surface area contributed by atoms with Gasteiger partial charge in [-0.15, -0.1) is 0 Å². The lowest BCUT2D eigenvalue weighted by atomic mass is 10.3. The molecule has 0 aromatic heterocycles. The zero-order valence-corrected chi connectivity index (χ0v) is 9.68. The van der Waals surface area contributed by atoms with Gasteiger partial charge in [0, 0.05) is 5.69 Å². The number of benzene rings is 1. The van der Waals surface area contributed by atoms with Gasteiger partial charge in [-0.05, 0) is 50.3 Å². The van der Waals surface area contributed by atoms with Gasteiger partial charge in [-0.1, -0.05) is 18.2 Å². The Morgan fingerprint density at radius 1 is 1.12 bits per heavy atom. The van der Waals surface area contributed by atoms with Crippen molar-refractivity contribution in [2.45, 2.75) is 13.8 Å². The molecule has 1 aromatic rings. The second-order valence-corrected chi connectivity index (χ2v) is 3.27. The van der Waals surface area contributed by atoms with E-state index in [0.717, 1.165) is 17.2 Å². The van der Waals surface area contributed by atoms with E-state index in [2.05, 4.69) is 0 Å². The van der Waals surface area contributed by atoms with E-state index >= 15 is 0 Å². The van der Waals surface area contributed by atoms with Gasteiger partial charge in [0.2, 0.25) is 0 Å². The normalized spacial score (nSPS) is 12.5. The van der Waals surface area contributed by atoms with Crippen molar-refractivity contribution in [3.63, 3.8) is 0 Å². The third-order valence-electron chi connectivity index (χ3n) is 1.90. The summed E-state index contributed by atoms with van der Waals surface area (Å²) < 4.78 is 5.68. The Balaban J connectivity index is 2.79. The van der Waals surface area contributed by atoms with Crippen LogP contribution in [0.25, 0.3) is 0 Å². The van der Waals surface area contributed by atoms with Gasteiger partial charge in [0.15, 0.2) is 0 Å². The zero-order valence-electron chi connectivity index (χ0n) is 9.68. The summed E-state index contributed by atoms with van der Waals surface area (Å²) in [5.74, 6) is 1.58. The van der Waals surface area contributed by atoms with Crippen LogP contribution in [0.5, 0.6) is 5.75 Å². The Morgan fingerprint density at radius 2 is 1.81 bits per heavy atom. The van der Waals surface area contributed by atoms with Crippen LogP contribution in [-0.2, 0) is 0 Å². The minimum atomic E-state index is 0.734. The van der Waals surface area contributed by atoms with E-state index < -0.39 is 0 Å². The monoisotopic (exact) mass is 215 g/mol. The number of hydrogen-bond acceptors (Lipinski definition) is 2. The summed E-state index contributed by atoms with van der Waals surface area (Å²) in [6.45, 7) is 3.92. The SMILES string of the molecule is C\C=C/C=C(\C=C/C)Oc1ccc(N)cc1. The highest BCUT2D eigenvalue weighted by Crippen LogP contribution is 2.16. The Bertz CT molecular complexity index is 399. The van der Waals surface area contributed by atoms with Gasteiger partial charge < -0.3 is 10.5 Å². The van der Waals surface area contributed by atoms with Crippen molar-refractivity contribution in [1.29, 1.82) is 0 Å². The summed E-state index contributed by atoms with van der Waals surface area (Å²) in [6, 6.07) is 7.33. The Labute approximate surface area is 96.7 Å². The molecule has 0 bridgehead atoms. The molecular weight excluding hydrogens is 198 g/mol. The predicted molar refractivity (Wildman–Crippen MR) is 69.2 cm³/mol. The molecule has 0 saturated heterocycles. The highest BCUT2D eigenvalue weighted by atomic mass is 16.5. The molecule has 2 heteroatoms. The zero-order chi connectivity index (χ0) is 11.8. The fraction of sp³-hybridized carbons (Fsp3) is 0.143. The van der Waals surface area contributed by atoms with Crippen molar-refractivity contribution >= 4 is 5.69 Å². The molecule has 0 atom stereocenters. The first-order valence-corrected chi connectivity index (χ1v) is 5.25. The molecule has 1 aromatic carbocycles. The Hall–Kier alpha value is -1.96. The summed E-state index contributed by atoms with van der Waals surface area (Å²) in [6.07, 6.45) is 9.65. The first-order valence-electron chi connectivity index (χ1n) is 5.25. The van der Waals surface area contributed by atoms with E-state index in [1.54, 1.807) is 0 Å². The lowest BCUT2D eigenvalue weighted by Crippen LogP contribution is -1.92. The van der Waals surface area contributed by atoms with Crippen LogP contribution in [0.1, 0.15) is 13.8 Å². The van der Waals surface area contributed by atoms with Gasteiger partial charge in [-0.2, -0.15) is 0 Å². The van der Waals surface area contributed by atoms with Gasteiger partial charge in [-0.3, -0.25) is 0 Å². The number of rotatable bonds is 4. The molecule has 0 radical (unpaired) electrons. The largest absolute Gasteiger partial charge is 0.457 e. The smallest absolute Gasteiger partial charge is 0.127 e. The average Bonchev–Trinajstić information content (AvgIpc) is 2.29. The van der Waals surface area contributed by atoms with Gasteiger partial charge in [0.25, 0.3) is 0 Å². The number of nitrogen functional groups attached to an aromatic ring is 1. The average molecular weight is 215 g/mol. The molecule has 0 fully saturated rings. The van der Waals surface area contributed by atoms with Crippen molar-refractivity contribution in [3.05, 3.63) is 60.4 Å². The molecule has 0 saturated carbocycles. The van der Waals surface area contributed by atoms with Crippen molar-refractivity contribution in [2.24, 2.45) is 0 Å². The molecule has 0 aliphatic heterocycles. The summed E-state index contributed by atoms with van der Waals surface area (Å²) in [5, 5.41) is 0. The molecule has 0 unspecified atom stereocenters. The third kappa shape index (κ3) is 4.05. The minimum absolute atomic E-state index is 0.734. The second kappa shape index (κ2) is 6.51. The maximum Gasteiger partial charge on any atom is 0.127 e.